The van der Waals surface area contributed by atoms with Gasteiger partial charge in [0, 0.05) is 13.1 Å². The molecule has 17 heavy (non-hydrogen) atoms. The Morgan fingerprint density at radius 2 is 2.00 bits per heavy atom. The van der Waals surface area contributed by atoms with Crippen molar-refractivity contribution in [2.75, 3.05) is 18.0 Å². The van der Waals surface area contributed by atoms with Gasteiger partial charge in [-0.1, -0.05) is 12.2 Å². The van der Waals surface area contributed by atoms with E-state index in [0.29, 0.717) is 18.7 Å². The molecular weight excluding hydrogens is 214 g/mol. The highest BCUT2D eigenvalue weighted by molar-refractivity contribution is 5.83. The van der Waals surface area contributed by atoms with Crippen molar-refractivity contribution in [3.8, 4) is 0 Å². The molecule has 0 saturated heterocycles. The molecule has 0 atom stereocenters. The molecule has 0 aromatic carbocycles. The average Bonchev–Trinajstić information content (AvgIpc) is 2.68. The summed E-state index contributed by atoms with van der Waals surface area (Å²) in [6, 6.07) is 0. The van der Waals surface area contributed by atoms with Crippen LogP contribution in [0.5, 0.6) is 0 Å². The maximum atomic E-state index is 4.31. The summed E-state index contributed by atoms with van der Waals surface area (Å²) < 4.78 is 0. The first kappa shape index (κ1) is 11.3. The van der Waals surface area contributed by atoms with Gasteiger partial charge in [-0.05, 0) is 6.92 Å². The van der Waals surface area contributed by atoms with Gasteiger partial charge >= 0.3 is 0 Å². The number of aromatic nitrogens is 4. The summed E-state index contributed by atoms with van der Waals surface area (Å²) in [4.78, 5) is 18.0. The molecule has 88 valence electrons. The van der Waals surface area contributed by atoms with Crippen molar-refractivity contribution in [3.05, 3.63) is 37.5 Å². The lowest BCUT2D eigenvalue weighted by Crippen LogP contribution is -2.24. The van der Waals surface area contributed by atoms with Crippen LogP contribution in [0.15, 0.2) is 31.6 Å². The van der Waals surface area contributed by atoms with Crippen LogP contribution in [0, 0.1) is 6.92 Å². The van der Waals surface area contributed by atoms with Crippen molar-refractivity contribution in [2.24, 2.45) is 0 Å². The smallest absolute Gasteiger partial charge is 0.183 e. The van der Waals surface area contributed by atoms with Crippen molar-refractivity contribution in [2.45, 2.75) is 6.92 Å². The van der Waals surface area contributed by atoms with E-state index in [9.17, 15) is 0 Å². The summed E-state index contributed by atoms with van der Waals surface area (Å²) in [5, 5.41) is 0. The van der Waals surface area contributed by atoms with Gasteiger partial charge in [-0.25, -0.2) is 15.0 Å². The summed E-state index contributed by atoms with van der Waals surface area (Å²) in [6.07, 6.45) is 5.19. The molecule has 0 aliphatic rings. The number of rotatable bonds is 5. The van der Waals surface area contributed by atoms with E-state index in [2.05, 4.69) is 38.0 Å². The van der Waals surface area contributed by atoms with E-state index in [0.717, 1.165) is 17.2 Å². The van der Waals surface area contributed by atoms with Gasteiger partial charge in [0.2, 0.25) is 0 Å². The monoisotopic (exact) mass is 229 g/mol. The second-order valence-corrected chi connectivity index (χ2v) is 3.70. The topological polar surface area (TPSA) is 57.7 Å². The number of anilines is 1. The first-order valence-corrected chi connectivity index (χ1v) is 5.40. The van der Waals surface area contributed by atoms with Crippen molar-refractivity contribution in [1.29, 1.82) is 0 Å². The SMILES string of the molecule is C=CCN(CC=C)c1ncnc2nc(C)[nH]c12. The highest BCUT2D eigenvalue weighted by Gasteiger charge is 2.12. The van der Waals surface area contributed by atoms with E-state index in [-0.39, 0.29) is 0 Å². The molecule has 0 fully saturated rings. The molecule has 0 amide bonds. The molecule has 2 aromatic rings. The molecular formula is C12H15N5. The van der Waals surface area contributed by atoms with Crippen LogP contribution in [0.1, 0.15) is 5.82 Å². The quantitative estimate of drug-likeness (QED) is 0.795. The first-order valence-electron chi connectivity index (χ1n) is 5.40. The second-order valence-electron chi connectivity index (χ2n) is 3.70. The first-order chi connectivity index (χ1) is 8.26. The standard InChI is InChI=1S/C12H15N5/c1-4-6-17(7-5-2)12-10-11(13-8-14-12)16-9(3)15-10/h4-5,8H,1-2,6-7H2,3H3,(H,13,14,15,16). The Morgan fingerprint density at radius 1 is 1.29 bits per heavy atom. The molecule has 0 aliphatic carbocycles. The van der Waals surface area contributed by atoms with Crippen molar-refractivity contribution in [1.82, 2.24) is 19.9 Å². The van der Waals surface area contributed by atoms with Crippen molar-refractivity contribution >= 4 is 17.0 Å². The van der Waals surface area contributed by atoms with Crippen LogP contribution in [0.4, 0.5) is 5.82 Å². The largest absolute Gasteiger partial charge is 0.347 e. The number of H-pyrrole nitrogens is 1. The van der Waals surface area contributed by atoms with E-state index in [4.69, 9.17) is 0 Å². The number of aryl methyl sites for hydroxylation is 1. The van der Waals surface area contributed by atoms with E-state index in [1.807, 2.05) is 19.1 Å². The molecule has 2 aromatic heterocycles. The Bertz CT molecular complexity index is 533. The Hall–Kier alpha value is -2.17. The van der Waals surface area contributed by atoms with Crippen LogP contribution < -0.4 is 4.90 Å². The third-order valence-electron chi connectivity index (χ3n) is 2.39. The van der Waals surface area contributed by atoms with Gasteiger partial charge in [0.1, 0.15) is 17.7 Å². The maximum Gasteiger partial charge on any atom is 0.183 e. The minimum atomic E-state index is 0.686. The van der Waals surface area contributed by atoms with E-state index >= 15 is 0 Å². The van der Waals surface area contributed by atoms with E-state index < -0.39 is 0 Å². The number of imidazole rings is 1. The highest BCUT2D eigenvalue weighted by Crippen LogP contribution is 2.20. The third kappa shape index (κ3) is 2.18. The molecule has 0 radical (unpaired) electrons. The van der Waals surface area contributed by atoms with Crippen LogP contribution in [0.3, 0.4) is 0 Å². The lowest BCUT2D eigenvalue weighted by molar-refractivity contribution is 0.925. The van der Waals surface area contributed by atoms with E-state index in [1.165, 1.54) is 6.33 Å². The molecule has 0 unspecified atom stereocenters. The fourth-order valence-corrected chi connectivity index (χ4v) is 1.73. The van der Waals surface area contributed by atoms with Crippen molar-refractivity contribution in [3.63, 3.8) is 0 Å². The zero-order valence-corrected chi connectivity index (χ0v) is 9.85. The Morgan fingerprint density at radius 3 is 2.65 bits per heavy atom. The van der Waals surface area contributed by atoms with Gasteiger partial charge in [-0.3, -0.25) is 0 Å². The van der Waals surface area contributed by atoms with Gasteiger partial charge in [0.25, 0.3) is 0 Å². The minimum Gasteiger partial charge on any atom is -0.347 e. The zero-order chi connectivity index (χ0) is 12.3. The molecule has 1 N–H and O–H groups in total. The Balaban J connectivity index is 2.50. The van der Waals surface area contributed by atoms with Crippen LogP contribution in [-0.4, -0.2) is 33.0 Å². The lowest BCUT2D eigenvalue weighted by atomic mass is 10.4. The number of nitrogens with zero attached hydrogens (tertiary/aromatic N) is 4. The van der Waals surface area contributed by atoms with Gasteiger partial charge in [-0.15, -0.1) is 13.2 Å². The normalized spacial score (nSPS) is 10.4. The number of hydrogen-bond acceptors (Lipinski definition) is 4. The second kappa shape index (κ2) is 4.78. The molecule has 0 aliphatic heterocycles. The van der Waals surface area contributed by atoms with Crippen molar-refractivity contribution < 1.29 is 0 Å². The number of nitrogens with one attached hydrogen (secondary N) is 1. The molecule has 5 nitrogen and oxygen atoms in total. The Kier molecular flexibility index (Phi) is 3.18. The molecule has 0 spiro atoms. The number of hydrogen-bond donors (Lipinski definition) is 1. The molecule has 5 heteroatoms. The van der Waals surface area contributed by atoms with Gasteiger partial charge < -0.3 is 9.88 Å². The average molecular weight is 229 g/mol. The zero-order valence-electron chi connectivity index (χ0n) is 9.85. The lowest BCUT2D eigenvalue weighted by Gasteiger charge is -2.20. The van der Waals surface area contributed by atoms with Crippen LogP contribution >= 0.6 is 0 Å². The third-order valence-corrected chi connectivity index (χ3v) is 2.39. The summed E-state index contributed by atoms with van der Waals surface area (Å²) in [6.45, 7) is 10.8. The molecule has 0 saturated carbocycles. The molecule has 0 bridgehead atoms. The fraction of sp³-hybridized carbons (Fsp3) is 0.250. The number of aromatic amines is 1. The highest BCUT2D eigenvalue weighted by atomic mass is 15.2. The molecule has 2 heterocycles. The van der Waals surface area contributed by atoms with Crippen LogP contribution in [0.2, 0.25) is 0 Å². The fourth-order valence-electron chi connectivity index (χ4n) is 1.73. The molecule has 2 rings (SSSR count). The maximum absolute atomic E-state index is 4.31. The summed E-state index contributed by atoms with van der Waals surface area (Å²) in [5.41, 5.74) is 1.54. The van der Waals surface area contributed by atoms with Crippen LogP contribution in [-0.2, 0) is 0 Å². The van der Waals surface area contributed by atoms with E-state index in [1.54, 1.807) is 0 Å². The van der Waals surface area contributed by atoms with Gasteiger partial charge in [0.05, 0.1) is 0 Å². The van der Waals surface area contributed by atoms with Crippen LogP contribution in [0.25, 0.3) is 11.2 Å². The van der Waals surface area contributed by atoms with Gasteiger partial charge in [-0.2, -0.15) is 0 Å². The Labute approximate surface area is 99.9 Å². The summed E-state index contributed by atoms with van der Waals surface area (Å²) >= 11 is 0. The van der Waals surface area contributed by atoms with Gasteiger partial charge in [0.15, 0.2) is 11.5 Å². The summed E-state index contributed by atoms with van der Waals surface area (Å²) in [7, 11) is 0. The summed E-state index contributed by atoms with van der Waals surface area (Å²) in [5.74, 6) is 1.66. The number of fused-ring (bicyclic) bond motifs is 1. The predicted octanol–water partition coefficient (Wildman–Crippen LogP) is 1.84. The minimum absolute atomic E-state index is 0.686. The predicted molar refractivity (Wildman–Crippen MR) is 69.0 cm³/mol.